The zero-order valence-electron chi connectivity index (χ0n) is 22.9. The lowest BCUT2D eigenvalue weighted by Crippen LogP contribution is -2.41. The van der Waals surface area contributed by atoms with E-state index in [1.807, 2.05) is 13.0 Å². The molecular formula is C31H27F2N5O4. The molecule has 1 atom stereocenters. The molecule has 5 aromatic rings. The Morgan fingerprint density at radius 2 is 1.88 bits per heavy atom. The number of hydrogen-bond donors (Lipinski definition) is 2. The lowest BCUT2D eigenvalue weighted by Gasteiger charge is -2.33. The number of amides is 1. The third-order valence-electron chi connectivity index (χ3n) is 7.12. The number of halogens is 2. The normalized spacial score (nSPS) is 15.1. The molecule has 0 bridgehead atoms. The summed E-state index contributed by atoms with van der Waals surface area (Å²) in [6, 6.07) is 16.2. The van der Waals surface area contributed by atoms with Gasteiger partial charge in [0.2, 0.25) is 0 Å². The van der Waals surface area contributed by atoms with E-state index >= 15 is 4.39 Å². The summed E-state index contributed by atoms with van der Waals surface area (Å²) in [4.78, 5) is 28.4. The molecule has 3 heterocycles. The van der Waals surface area contributed by atoms with E-state index in [9.17, 15) is 14.0 Å². The summed E-state index contributed by atoms with van der Waals surface area (Å²) in [6.45, 7) is 5.54. The van der Waals surface area contributed by atoms with Gasteiger partial charge in [0.25, 0.3) is 11.5 Å². The van der Waals surface area contributed by atoms with E-state index in [1.165, 1.54) is 47.0 Å². The topological polar surface area (TPSA) is 101 Å². The lowest BCUT2D eigenvalue weighted by molar-refractivity contribution is 0.0531. The van der Waals surface area contributed by atoms with Crippen molar-refractivity contribution < 1.29 is 23.0 Å². The van der Waals surface area contributed by atoms with Gasteiger partial charge >= 0.3 is 0 Å². The van der Waals surface area contributed by atoms with E-state index in [0.29, 0.717) is 36.8 Å². The number of pyridine rings is 1. The number of carbonyl (C=O) groups excluding carboxylic acids is 1. The number of nitrogens with one attached hydrogen (secondary N) is 2. The molecule has 11 heteroatoms. The van der Waals surface area contributed by atoms with Crippen molar-refractivity contribution in [1.82, 2.24) is 14.8 Å². The maximum absolute atomic E-state index is 15.3. The van der Waals surface area contributed by atoms with Crippen LogP contribution in [0.5, 0.6) is 11.5 Å². The Morgan fingerprint density at radius 3 is 2.64 bits per heavy atom. The first-order valence-corrected chi connectivity index (χ1v) is 13.4. The second-order valence-corrected chi connectivity index (χ2v) is 10.1. The first-order chi connectivity index (χ1) is 20.3. The largest absolute Gasteiger partial charge is 0.452 e. The summed E-state index contributed by atoms with van der Waals surface area (Å²) in [5, 5.41) is 10.4. The van der Waals surface area contributed by atoms with Crippen molar-refractivity contribution in [3.05, 3.63) is 106 Å². The van der Waals surface area contributed by atoms with Crippen molar-refractivity contribution in [1.29, 1.82) is 0 Å². The molecule has 1 aliphatic heterocycles. The third-order valence-corrected chi connectivity index (χ3v) is 7.12. The van der Waals surface area contributed by atoms with Crippen molar-refractivity contribution in [2.24, 2.45) is 0 Å². The number of H-pyrrole nitrogens is 1. The van der Waals surface area contributed by atoms with Crippen molar-refractivity contribution >= 4 is 28.2 Å². The van der Waals surface area contributed by atoms with Gasteiger partial charge in [-0.2, -0.15) is 5.10 Å². The molecule has 6 rings (SSSR count). The summed E-state index contributed by atoms with van der Waals surface area (Å²) < 4.78 is 41.8. The van der Waals surface area contributed by atoms with Crippen molar-refractivity contribution in [3.63, 3.8) is 0 Å². The van der Waals surface area contributed by atoms with Gasteiger partial charge in [0.05, 0.1) is 30.1 Å². The van der Waals surface area contributed by atoms with Gasteiger partial charge in [-0.25, -0.2) is 8.78 Å². The quantitative estimate of drug-likeness (QED) is 0.276. The Labute approximate surface area is 239 Å². The maximum atomic E-state index is 15.3. The number of anilines is 2. The minimum atomic E-state index is -0.710. The van der Waals surface area contributed by atoms with Crippen LogP contribution in [0.1, 0.15) is 23.0 Å². The number of ether oxygens (including phenoxy) is 2. The fourth-order valence-corrected chi connectivity index (χ4v) is 5.02. The predicted molar refractivity (Wildman–Crippen MR) is 155 cm³/mol. The summed E-state index contributed by atoms with van der Waals surface area (Å²) in [5.41, 5.74) is 1.99. The molecule has 2 N–H and O–H groups in total. The zero-order valence-corrected chi connectivity index (χ0v) is 22.9. The second kappa shape index (κ2) is 11.1. The van der Waals surface area contributed by atoms with Gasteiger partial charge in [0, 0.05) is 41.6 Å². The summed E-state index contributed by atoms with van der Waals surface area (Å²) in [7, 11) is 0. The molecule has 3 aromatic carbocycles. The number of hydrogen-bond acceptors (Lipinski definition) is 6. The van der Waals surface area contributed by atoms with Gasteiger partial charge in [0.15, 0.2) is 17.3 Å². The Hall–Kier alpha value is -5.03. The molecule has 1 aliphatic rings. The molecule has 9 nitrogen and oxygen atoms in total. The molecule has 0 aliphatic carbocycles. The number of morpholine rings is 1. The number of carbonyl (C=O) groups is 1. The molecule has 214 valence electrons. The molecule has 0 radical (unpaired) electrons. The molecule has 1 unspecified atom stereocenters. The van der Waals surface area contributed by atoms with Gasteiger partial charge < -0.3 is 19.7 Å². The summed E-state index contributed by atoms with van der Waals surface area (Å²) in [6.07, 6.45) is 1.69. The highest BCUT2D eigenvalue weighted by atomic mass is 19.1. The highest BCUT2D eigenvalue weighted by molar-refractivity contribution is 6.04. The molecule has 1 fully saturated rings. The molecule has 2 aromatic heterocycles. The number of aryl methyl sites for hydroxylation is 1. The van der Waals surface area contributed by atoms with Crippen molar-refractivity contribution in [2.75, 3.05) is 29.9 Å². The van der Waals surface area contributed by atoms with Crippen LogP contribution in [-0.2, 0) is 4.74 Å². The van der Waals surface area contributed by atoms with Crippen LogP contribution in [0.15, 0.2) is 77.7 Å². The van der Waals surface area contributed by atoms with E-state index in [2.05, 4.69) is 20.4 Å². The van der Waals surface area contributed by atoms with Crippen LogP contribution in [0.4, 0.5) is 20.2 Å². The third kappa shape index (κ3) is 5.34. The van der Waals surface area contributed by atoms with E-state index < -0.39 is 23.1 Å². The van der Waals surface area contributed by atoms with Crippen LogP contribution in [0.3, 0.4) is 0 Å². The minimum Gasteiger partial charge on any atom is -0.452 e. The number of benzene rings is 3. The highest BCUT2D eigenvalue weighted by Crippen LogP contribution is 2.38. The van der Waals surface area contributed by atoms with E-state index in [0.717, 1.165) is 22.7 Å². The van der Waals surface area contributed by atoms with E-state index in [1.54, 1.807) is 25.3 Å². The second-order valence-electron chi connectivity index (χ2n) is 10.1. The highest BCUT2D eigenvalue weighted by Gasteiger charge is 2.22. The van der Waals surface area contributed by atoms with Gasteiger partial charge in [-0.15, -0.1) is 0 Å². The molecular weight excluding hydrogens is 544 g/mol. The standard InChI is InChI=1S/C31H27F2N5O4/c1-18-3-9-24(31(40)38(18)23-7-4-21(32)5-8-23)30(39)35-22-6-10-28(25(33)14-22)42-29-13-20-16-34-36-26(20)15-27(29)37-11-12-41-19(2)17-37/h3-10,13-16,19H,11-12,17H2,1-2H3,(H,34,36)(H,35,39). The van der Waals surface area contributed by atoms with Gasteiger partial charge in [0.1, 0.15) is 11.4 Å². The minimum absolute atomic E-state index is 0.0250. The van der Waals surface area contributed by atoms with Crippen LogP contribution in [0.2, 0.25) is 0 Å². The lowest BCUT2D eigenvalue weighted by atomic mass is 10.1. The van der Waals surface area contributed by atoms with Crippen molar-refractivity contribution in [3.8, 4) is 17.2 Å². The van der Waals surface area contributed by atoms with Crippen LogP contribution < -0.4 is 20.5 Å². The SMILES string of the molecule is Cc1ccc(C(=O)Nc2ccc(Oc3cc4cn[nH]c4cc3N3CCOC(C)C3)c(F)c2)c(=O)n1-c1ccc(F)cc1. The molecule has 0 spiro atoms. The Balaban J connectivity index is 1.25. The number of rotatable bonds is 6. The predicted octanol–water partition coefficient (Wildman–Crippen LogP) is 5.57. The molecule has 0 saturated carbocycles. The van der Waals surface area contributed by atoms with E-state index in [-0.39, 0.29) is 23.1 Å². The molecule has 1 amide bonds. The zero-order chi connectivity index (χ0) is 29.4. The van der Waals surface area contributed by atoms with Crippen LogP contribution in [-0.4, -0.2) is 46.5 Å². The molecule has 42 heavy (non-hydrogen) atoms. The first-order valence-electron chi connectivity index (χ1n) is 13.4. The number of fused-ring (bicyclic) bond motifs is 1. The first kappa shape index (κ1) is 27.2. The number of aromatic nitrogens is 3. The van der Waals surface area contributed by atoms with Crippen LogP contribution in [0, 0.1) is 18.6 Å². The average molecular weight is 572 g/mol. The van der Waals surface area contributed by atoms with Gasteiger partial charge in [-0.1, -0.05) is 0 Å². The van der Waals surface area contributed by atoms with Gasteiger partial charge in [-0.3, -0.25) is 19.3 Å². The summed E-state index contributed by atoms with van der Waals surface area (Å²) >= 11 is 0. The molecule has 1 saturated heterocycles. The number of nitrogens with zero attached hydrogens (tertiary/aromatic N) is 3. The fourth-order valence-electron chi connectivity index (χ4n) is 5.02. The van der Waals surface area contributed by atoms with Gasteiger partial charge in [-0.05, 0) is 74.5 Å². The Kier molecular flexibility index (Phi) is 7.17. The van der Waals surface area contributed by atoms with Crippen LogP contribution in [0.25, 0.3) is 16.6 Å². The van der Waals surface area contributed by atoms with Crippen molar-refractivity contribution in [2.45, 2.75) is 20.0 Å². The van der Waals surface area contributed by atoms with E-state index in [4.69, 9.17) is 9.47 Å². The number of aromatic amines is 1. The Morgan fingerprint density at radius 1 is 1.07 bits per heavy atom. The summed E-state index contributed by atoms with van der Waals surface area (Å²) in [5.74, 6) is -1.43. The monoisotopic (exact) mass is 571 g/mol. The fraction of sp³-hybridized carbons (Fsp3) is 0.194. The Bertz CT molecular complexity index is 1850. The van der Waals surface area contributed by atoms with Crippen LogP contribution >= 0.6 is 0 Å². The average Bonchev–Trinajstić information content (AvgIpc) is 3.42. The smallest absolute Gasteiger partial charge is 0.268 e. The maximum Gasteiger partial charge on any atom is 0.268 e.